The summed E-state index contributed by atoms with van der Waals surface area (Å²) in [5.41, 5.74) is -1.26. The zero-order valence-electron chi connectivity index (χ0n) is 12.3. The summed E-state index contributed by atoms with van der Waals surface area (Å²) in [7, 11) is 0. The van der Waals surface area contributed by atoms with Crippen molar-refractivity contribution in [2.24, 2.45) is 5.10 Å². The van der Waals surface area contributed by atoms with E-state index in [4.69, 9.17) is 0 Å². The van der Waals surface area contributed by atoms with Gasteiger partial charge in [0.05, 0.1) is 17.0 Å². The fourth-order valence-electron chi connectivity index (χ4n) is 2.20. The summed E-state index contributed by atoms with van der Waals surface area (Å²) in [6.07, 6.45) is 1.13. The third kappa shape index (κ3) is 2.62. The molecule has 1 aliphatic rings. The summed E-state index contributed by atoms with van der Waals surface area (Å²) in [4.78, 5) is 39.3. The number of hydrazone groups is 1. The highest BCUT2D eigenvalue weighted by atomic mass is 19.1. The van der Waals surface area contributed by atoms with E-state index in [1.807, 2.05) is 9.97 Å². The Hall–Kier alpha value is -3.49. The molecule has 122 valence electrons. The summed E-state index contributed by atoms with van der Waals surface area (Å²) in [5.74, 6) is -1.66. The zero-order chi connectivity index (χ0) is 17.4. The van der Waals surface area contributed by atoms with Gasteiger partial charge in [-0.1, -0.05) is 0 Å². The molecule has 1 aromatic carbocycles. The number of rotatable bonds is 2. The number of halogens is 1. The third-order valence-electron chi connectivity index (χ3n) is 3.38. The molecule has 0 aliphatic carbocycles. The fourth-order valence-corrected chi connectivity index (χ4v) is 2.20. The van der Waals surface area contributed by atoms with Crippen molar-refractivity contribution in [3.63, 3.8) is 0 Å². The van der Waals surface area contributed by atoms with Gasteiger partial charge < -0.3 is 5.11 Å². The second-order valence-electron chi connectivity index (χ2n) is 5.01. The molecule has 0 radical (unpaired) electrons. The Morgan fingerprint density at radius 1 is 1.17 bits per heavy atom. The van der Waals surface area contributed by atoms with Crippen LogP contribution in [-0.4, -0.2) is 26.7 Å². The Bertz CT molecular complexity index is 1000. The van der Waals surface area contributed by atoms with Crippen molar-refractivity contribution >= 4 is 23.4 Å². The second-order valence-corrected chi connectivity index (χ2v) is 5.01. The van der Waals surface area contributed by atoms with Crippen LogP contribution in [0.3, 0.4) is 0 Å². The van der Waals surface area contributed by atoms with Gasteiger partial charge in [0.15, 0.2) is 0 Å². The van der Waals surface area contributed by atoms with Crippen LogP contribution >= 0.6 is 0 Å². The van der Waals surface area contributed by atoms with Gasteiger partial charge in [0.25, 0.3) is 11.5 Å². The van der Waals surface area contributed by atoms with E-state index in [1.54, 1.807) is 6.92 Å². The highest BCUT2D eigenvalue weighted by Gasteiger charge is 2.29. The van der Waals surface area contributed by atoms with Crippen LogP contribution in [0.2, 0.25) is 0 Å². The number of anilines is 1. The van der Waals surface area contributed by atoms with Crippen LogP contribution in [0.4, 0.5) is 10.1 Å². The number of nitrogens with one attached hydrogen (secondary N) is 2. The molecule has 3 rings (SSSR count). The van der Waals surface area contributed by atoms with Crippen LogP contribution in [0.25, 0.3) is 6.08 Å². The molecule has 2 heterocycles. The third-order valence-corrected chi connectivity index (χ3v) is 3.38. The molecule has 1 aliphatic heterocycles. The first-order valence-electron chi connectivity index (χ1n) is 6.79. The number of hydrogen-bond donors (Lipinski definition) is 3. The van der Waals surface area contributed by atoms with E-state index in [-0.39, 0.29) is 11.1 Å². The van der Waals surface area contributed by atoms with E-state index in [1.165, 1.54) is 24.3 Å². The molecule has 1 amide bonds. The molecule has 0 unspecified atom stereocenters. The maximum absolute atomic E-state index is 13.0. The first kappa shape index (κ1) is 15.4. The van der Waals surface area contributed by atoms with Gasteiger partial charge in [-0.2, -0.15) is 10.1 Å². The molecule has 0 saturated heterocycles. The molecule has 0 atom stereocenters. The van der Waals surface area contributed by atoms with Gasteiger partial charge in [0.1, 0.15) is 11.4 Å². The van der Waals surface area contributed by atoms with E-state index in [9.17, 15) is 23.9 Å². The van der Waals surface area contributed by atoms with Crippen LogP contribution in [0.5, 0.6) is 5.88 Å². The summed E-state index contributed by atoms with van der Waals surface area (Å²) in [5, 5.41) is 14.8. The number of aromatic hydroxyl groups is 1. The molecule has 1 aromatic heterocycles. The quantitative estimate of drug-likeness (QED) is 0.703. The Morgan fingerprint density at radius 2 is 1.83 bits per heavy atom. The number of carbonyl (C=O) groups is 1. The summed E-state index contributed by atoms with van der Waals surface area (Å²) < 4.78 is 13.0. The number of hydrogen-bond acceptors (Lipinski definition) is 5. The number of benzene rings is 1. The Labute approximate surface area is 133 Å². The Kier molecular flexibility index (Phi) is 3.60. The van der Waals surface area contributed by atoms with Gasteiger partial charge >= 0.3 is 5.69 Å². The molecule has 2 aromatic rings. The average molecular weight is 330 g/mol. The van der Waals surface area contributed by atoms with E-state index < -0.39 is 28.9 Å². The lowest BCUT2D eigenvalue weighted by molar-refractivity contribution is -0.114. The van der Waals surface area contributed by atoms with Gasteiger partial charge in [-0.25, -0.2) is 9.18 Å². The van der Waals surface area contributed by atoms with Crippen molar-refractivity contribution in [3.8, 4) is 5.88 Å². The van der Waals surface area contributed by atoms with Crippen LogP contribution in [0.1, 0.15) is 12.5 Å². The summed E-state index contributed by atoms with van der Waals surface area (Å²) in [6, 6.07) is 5.15. The molecule has 9 heteroatoms. The number of aromatic amines is 2. The number of nitrogens with zero attached hydrogens (tertiary/aromatic N) is 2. The number of aromatic nitrogens is 2. The highest BCUT2D eigenvalue weighted by molar-refractivity contribution is 6.32. The van der Waals surface area contributed by atoms with Crippen molar-refractivity contribution in [2.75, 3.05) is 5.01 Å². The van der Waals surface area contributed by atoms with Crippen LogP contribution in [-0.2, 0) is 4.79 Å². The number of H-pyrrole nitrogens is 2. The summed E-state index contributed by atoms with van der Waals surface area (Å²) in [6.45, 7) is 1.55. The van der Waals surface area contributed by atoms with Crippen molar-refractivity contribution in [1.29, 1.82) is 0 Å². The maximum atomic E-state index is 13.0. The topological polar surface area (TPSA) is 119 Å². The Morgan fingerprint density at radius 3 is 2.46 bits per heavy atom. The first-order chi connectivity index (χ1) is 11.4. The van der Waals surface area contributed by atoms with E-state index in [2.05, 4.69) is 5.10 Å². The van der Waals surface area contributed by atoms with Crippen LogP contribution in [0, 0.1) is 5.82 Å². The van der Waals surface area contributed by atoms with E-state index in [0.717, 1.165) is 11.1 Å². The Balaban J connectivity index is 2.04. The van der Waals surface area contributed by atoms with Crippen LogP contribution < -0.4 is 16.3 Å². The number of carbonyl (C=O) groups excluding carboxylic acids is 1. The minimum absolute atomic E-state index is 0.0622. The smallest absolute Gasteiger partial charge is 0.328 e. The van der Waals surface area contributed by atoms with Crippen molar-refractivity contribution < 1.29 is 14.3 Å². The molecule has 0 saturated carbocycles. The van der Waals surface area contributed by atoms with Crippen molar-refractivity contribution in [3.05, 3.63) is 62.1 Å². The molecule has 8 nitrogen and oxygen atoms in total. The predicted octanol–water partition coefficient (Wildman–Crippen LogP) is 0.714. The molecule has 0 spiro atoms. The lowest BCUT2D eigenvalue weighted by Gasteiger charge is -2.11. The van der Waals surface area contributed by atoms with Gasteiger partial charge in [0.2, 0.25) is 5.88 Å². The maximum Gasteiger partial charge on any atom is 0.328 e. The van der Waals surface area contributed by atoms with Crippen molar-refractivity contribution in [2.45, 2.75) is 6.92 Å². The molecular formula is C15H11FN4O4. The SMILES string of the molecule is CC1=NN(c2ccc(F)cc2)C(=O)C1=Cc1c(O)[nH]c(=O)[nH]c1=O. The molecule has 0 fully saturated rings. The van der Waals surface area contributed by atoms with E-state index >= 15 is 0 Å². The average Bonchev–Trinajstić information content (AvgIpc) is 2.79. The molecular weight excluding hydrogens is 319 g/mol. The fraction of sp³-hybridized carbons (Fsp3) is 0.0667. The van der Waals surface area contributed by atoms with Crippen LogP contribution in [0.15, 0.2) is 44.5 Å². The lowest BCUT2D eigenvalue weighted by atomic mass is 10.1. The highest BCUT2D eigenvalue weighted by Crippen LogP contribution is 2.25. The van der Waals surface area contributed by atoms with Gasteiger partial charge in [0, 0.05) is 0 Å². The van der Waals surface area contributed by atoms with Crippen molar-refractivity contribution in [1.82, 2.24) is 9.97 Å². The van der Waals surface area contributed by atoms with Gasteiger partial charge in [-0.15, -0.1) is 0 Å². The normalized spacial score (nSPS) is 15.9. The van der Waals surface area contributed by atoms with E-state index in [0.29, 0.717) is 11.4 Å². The molecule has 3 N–H and O–H groups in total. The summed E-state index contributed by atoms with van der Waals surface area (Å²) >= 11 is 0. The lowest BCUT2D eigenvalue weighted by Crippen LogP contribution is -2.25. The van der Waals surface area contributed by atoms with Gasteiger partial charge in [-0.05, 0) is 37.3 Å². The van der Waals surface area contributed by atoms with Gasteiger partial charge in [-0.3, -0.25) is 19.6 Å². The largest absolute Gasteiger partial charge is 0.494 e. The second kappa shape index (κ2) is 5.61. The standard InChI is InChI=1S/C15H11FN4O4/c1-7-10(6-11-12(21)17-15(24)18-13(11)22)14(23)20(19-7)9-4-2-8(16)3-5-9/h2-6H,1H3,(H3,17,18,21,22,24). The predicted molar refractivity (Wildman–Crippen MR) is 84.3 cm³/mol. The zero-order valence-corrected chi connectivity index (χ0v) is 12.3. The minimum atomic E-state index is -0.865. The minimum Gasteiger partial charge on any atom is -0.494 e. The first-order valence-corrected chi connectivity index (χ1v) is 6.79. The molecule has 0 bridgehead atoms. The number of amides is 1. The monoisotopic (exact) mass is 330 g/mol. The molecule has 24 heavy (non-hydrogen) atoms.